The average Bonchev–Trinajstić information content (AvgIpc) is 3.45. The van der Waals surface area contributed by atoms with Gasteiger partial charge in [0.25, 0.3) is 15.9 Å². The molecule has 3 heterocycles. The fourth-order valence-corrected chi connectivity index (χ4v) is 5.40. The summed E-state index contributed by atoms with van der Waals surface area (Å²) < 4.78 is 27.8. The largest absolute Gasteiger partial charge is 0.326 e. The molecule has 4 rings (SSSR count). The first-order valence-electron chi connectivity index (χ1n) is 10.3. The van der Waals surface area contributed by atoms with Gasteiger partial charge in [0.1, 0.15) is 17.7 Å². The molecular formula is C22H23N5O4S2. The highest BCUT2D eigenvalue weighted by Crippen LogP contribution is 2.24. The van der Waals surface area contributed by atoms with Crippen LogP contribution in [0.1, 0.15) is 34.0 Å². The van der Waals surface area contributed by atoms with Crippen molar-refractivity contribution in [2.45, 2.75) is 37.6 Å². The van der Waals surface area contributed by atoms with Gasteiger partial charge in [0.05, 0.1) is 9.77 Å². The summed E-state index contributed by atoms with van der Waals surface area (Å²) >= 11 is 1.35. The zero-order valence-electron chi connectivity index (χ0n) is 18.1. The maximum Gasteiger partial charge on any atom is 0.264 e. The molecule has 172 valence electrons. The number of sulfonamides is 1. The summed E-state index contributed by atoms with van der Waals surface area (Å²) in [6.45, 7) is 3.96. The van der Waals surface area contributed by atoms with Gasteiger partial charge < -0.3 is 10.2 Å². The van der Waals surface area contributed by atoms with Crippen LogP contribution in [-0.2, 0) is 14.8 Å². The van der Waals surface area contributed by atoms with Crippen molar-refractivity contribution in [1.82, 2.24) is 14.9 Å². The monoisotopic (exact) mass is 485 g/mol. The van der Waals surface area contributed by atoms with Crippen LogP contribution in [0.15, 0.2) is 52.7 Å². The molecule has 2 N–H and O–H groups in total. The van der Waals surface area contributed by atoms with E-state index in [0.717, 1.165) is 6.42 Å². The molecule has 3 aromatic rings. The zero-order chi connectivity index (χ0) is 23.6. The molecule has 1 aromatic carbocycles. The lowest BCUT2D eigenvalue weighted by molar-refractivity contribution is -0.119. The molecule has 2 aromatic heterocycles. The van der Waals surface area contributed by atoms with Crippen molar-refractivity contribution in [3.05, 3.63) is 64.2 Å². The van der Waals surface area contributed by atoms with Crippen LogP contribution in [0.2, 0.25) is 0 Å². The van der Waals surface area contributed by atoms with E-state index in [0.29, 0.717) is 35.0 Å². The van der Waals surface area contributed by atoms with Gasteiger partial charge in [-0.3, -0.25) is 14.3 Å². The highest BCUT2D eigenvalue weighted by molar-refractivity contribution is 7.92. The van der Waals surface area contributed by atoms with Crippen molar-refractivity contribution in [2.24, 2.45) is 0 Å². The third kappa shape index (κ3) is 5.20. The number of rotatable bonds is 6. The lowest BCUT2D eigenvalue weighted by Gasteiger charge is -2.23. The van der Waals surface area contributed by atoms with Crippen LogP contribution in [-0.4, -0.2) is 47.7 Å². The fourth-order valence-electron chi connectivity index (χ4n) is 3.73. The molecule has 33 heavy (non-hydrogen) atoms. The van der Waals surface area contributed by atoms with Crippen molar-refractivity contribution < 1.29 is 18.0 Å². The second-order valence-electron chi connectivity index (χ2n) is 7.69. The first-order chi connectivity index (χ1) is 15.7. The molecular weight excluding hydrogens is 462 g/mol. The van der Waals surface area contributed by atoms with Gasteiger partial charge in [0.15, 0.2) is 0 Å². The van der Waals surface area contributed by atoms with Crippen molar-refractivity contribution in [1.29, 1.82) is 0 Å². The molecule has 1 atom stereocenters. The van der Waals surface area contributed by atoms with Gasteiger partial charge in [-0.25, -0.2) is 18.4 Å². The average molecular weight is 486 g/mol. The van der Waals surface area contributed by atoms with Gasteiger partial charge in [0, 0.05) is 24.0 Å². The molecule has 0 spiro atoms. The van der Waals surface area contributed by atoms with Crippen molar-refractivity contribution in [2.75, 3.05) is 16.6 Å². The number of hydrogen-bond acceptors (Lipinski definition) is 7. The smallest absolute Gasteiger partial charge is 0.264 e. The molecule has 1 fully saturated rings. The molecule has 9 nitrogen and oxygen atoms in total. The number of likely N-dealkylation sites (tertiary alicyclic amines) is 1. The molecule has 0 aliphatic carbocycles. The highest BCUT2D eigenvalue weighted by atomic mass is 32.2. The van der Waals surface area contributed by atoms with E-state index < -0.39 is 16.1 Å². The van der Waals surface area contributed by atoms with E-state index in [1.54, 1.807) is 36.9 Å². The maximum absolute atomic E-state index is 12.8. The molecule has 2 amide bonds. The van der Waals surface area contributed by atoms with Crippen LogP contribution in [0, 0.1) is 13.8 Å². The quantitative estimate of drug-likeness (QED) is 0.553. The number of aryl methyl sites for hydroxylation is 2. The zero-order valence-corrected chi connectivity index (χ0v) is 19.7. The number of anilines is 2. The van der Waals surface area contributed by atoms with E-state index in [-0.39, 0.29) is 22.5 Å². The van der Waals surface area contributed by atoms with E-state index in [1.165, 1.54) is 35.6 Å². The van der Waals surface area contributed by atoms with Gasteiger partial charge in [-0.1, -0.05) is 6.07 Å². The van der Waals surface area contributed by atoms with E-state index in [2.05, 4.69) is 20.0 Å². The minimum absolute atomic E-state index is 0.0322. The normalized spacial score (nSPS) is 15.9. The Bertz CT molecular complexity index is 1250. The number of aromatic nitrogens is 2. The Labute approximate surface area is 195 Å². The van der Waals surface area contributed by atoms with Crippen molar-refractivity contribution >= 4 is 44.7 Å². The van der Waals surface area contributed by atoms with Crippen LogP contribution < -0.4 is 10.0 Å². The third-order valence-electron chi connectivity index (χ3n) is 5.19. The number of nitrogens with zero attached hydrogens (tertiary/aromatic N) is 3. The van der Waals surface area contributed by atoms with Crippen LogP contribution in [0.25, 0.3) is 0 Å². The van der Waals surface area contributed by atoms with Crippen LogP contribution in [0.5, 0.6) is 0 Å². The summed E-state index contributed by atoms with van der Waals surface area (Å²) in [7, 11) is -3.86. The first-order valence-corrected chi connectivity index (χ1v) is 12.7. The van der Waals surface area contributed by atoms with Gasteiger partial charge in [-0.15, -0.1) is 11.3 Å². The molecule has 0 saturated carbocycles. The molecule has 1 aliphatic rings. The Morgan fingerprint density at radius 1 is 1.12 bits per heavy atom. The predicted octanol–water partition coefficient (Wildman–Crippen LogP) is 3.20. The van der Waals surface area contributed by atoms with Crippen LogP contribution in [0.3, 0.4) is 0 Å². The minimum Gasteiger partial charge on any atom is -0.326 e. The summed E-state index contributed by atoms with van der Waals surface area (Å²) in [5, 5.41) is 4.62. The summed E-state index contributed by atoms with van der Waals surface area (Å²) in [6.07, 6.45) is 1.33. The molecule has 0 radical (unpaired) electrons. The molecule has 1 saturated heterocycles. The lowest BCUT2D eigenvalue weighted by Crippen LogP contribution is -2.42. The van der Waals surface area contributed by atoms with E-state index in [4.69, 9.17) is 0 Å². The summed E-state index contributed by atoms with van der Waals surface area (Å²) in [5.41, 5.74) is 1.10. The van der Waals surface area contributed by atoms with Crippen molar-refractivity contribution in [3.63, 3.8) is 0 Å². The predicted molar refractivity (Wildman–Crippen MR) is 126 cm³/mol. The molecule has 1 aliphatic heterocycles. The number of amides is 2. The Balaban J connectivity index is 1.43. The number of carbonyl (C=O) groups excluding carboxylic acids is 2. The first kappa shape index (κ1) is 22.9. The number of carbonyl (C=O) groups is 2. The Morgan fingerprint density at radius 3 is 2.55 bits per heavy atom. The Kier molecular flexibility index (Phi) is 6.43. The third-order valence-corrected chi connectivity index (χ3v) is 7.41. The standard InChI is InChI=1S/C22H23N5O4S2/c1-14-13-20(24-15(2)23-14)26-33(30,31)17-9-7-16(8-10-17)25-21(28)18-5-3-11-27(18)22(29)19-6-4-12-32-19/h4,6-10,12-13,18H,3,5,11H2,1-2H3,(H,25,28)(H,23,24,26)/t18-/m0/s1. The lowest BCUT2D eigenvalue weighted by atomic mass is 10.2. The fraction of sp³-hybridized carbons (Fsp3) is 0.273. The number of thiophene rings is 1. The second kappa shape index (κ2) is 9.28. The van der Waals surface area contributed by atoms with Crippen LogP contribution >= 0.6 is 11.3 Å². The molecule has 0 unspecified atom stereocenters. The molecule has 0 bridgehead atoms. The maximum atomic E-state index is 12.8. The number of benzene rings is 1. The Hall–Kier alpha value is -3.31. The Morgan fingerprint density at radius 2 is 1.88 bits per heavy atom. The number of nitrogens with one attached hydrogen (secondary N) is 2. The summed E-state index contributed by atoms with van der Waals surface area (Å²) in [6, 6.07) is 10.4. The topological polar surface area (TPSA) is 121 Å². The van der Waals surface area contributed by atoms with Gasteiger partial charge in [-0.2, -0.15) is 0 Å². The summed E-state index contributed by atoms with van der Waals surface area (Å²) in [5.74, 6) is 0.210. The van der Waals surface area contributed by atoms with Gasteiger partial charge >= 0.3 is 0 Å². The number of hydrogen-bond donors (Lipinski definition) is 2. The van der Waals surface area contributed by atoms with Crippen LogP contribution in [0.4, 0.5) is 11.5 Å². The second-order valence-corrected chi connectivity index (χ2v) is 10.3. The van der Waals surface area contributed by atoms with Gasteiger partial charge in [0.2, 0.25) is 5.91 Å². The highest BCUT2D eigenvalue weighted by Gasteiger charge is 2.35. The van der Waals surface area contributed by atoms with E-state index in [9.17, 15) is 18.0 Å². The van der Waals surface area contributed by atoms with E-state index in [1.807, 2.05) is 5.38 Å². The SMILES string of the molecule is Cc1cc(NS(=O)(=O)c2ccc(NC(=O)[C@@H]3CCCN3C(=O)c3cccs3)cc2)nc(C)n1. The summed E-state index contributed by atoms with van der Waals surface area (Å²) in [4.78, 5) is 36.0. The minimum atomic E-state index is -3.86. The molecule has 11 heteroatoms. The van der Waals surface area contributed by atoms with Crippen molar-refractivity contribution in [3.8, 4) is 0 Å². The van der Waals surface area contributed by atoms with E-state index >= 15 is 0 Å². The van der Waals surface area contributed by atoms with Gasteiger partial charge in [-0.05, 0) is 62.4 Å².